The molecule has 1 aromatic carbocycles. The monoisotopic (exact) mass is 223 g/mol. The molecule has 0 atom stereocenters. The van der Waals surface area contributed by atoms with Crippen LogP contribution in [0.2, 0.25) is 0 Å². The van der Waals surface area contributed by atoms with Crippen LogP contribution < -0.4 is 16.0 Å². The third-order valence-corrected chi connectivity index (χ3v) is 2.12. The van der Waals surface area contributed by atoms with Crippen LogP contribution in [-0.2, 0) is 6.54 Å². The van der Waals surface area contributed by atoms with Gasteiger partial charge in [-0.05, 0) is 24.6 Å². The number of hydrogen-bond donors (Lipinski definition) is 2. The van der Waals surface area contributed by atoms with Gasteiger partial charge in [0.25, 0.3) is 0 Å². The second kappa shape index (κ2) is 5.97. The SMILES string of the molecule is CCOc1ccc(CN(C)C(=O)NN)cc1. The normalized spacial score (nSPS) is 9.69. The molecular weight excluding hydrogens is 206 g/mol. The molecule has 0 spiro atoms. The lowest BCUT2D eigenvalue weighted by atomic mass is 10.2. The number of carbonyl (C=O) groups excluding carboxylic acids is 1. The molecule has 0 bridgehead atoms. The number of hydrogen-bond acceptors (Lipinski definition) is 3. The predicted molar refractivity (Wildman–Crippen MR) is 61.8 cm³/mol. The van der Waals surface area contributed by atoms with E-state index in [1.54, 1.807) is 7.05 Å². The highest BCUT2D eigenvalue weighted by Gasteiger charge is 2.06. The van der Waals surface area contributed by atoms with E-state index in [1.807, 2.05) is 31.2 Å². The van der Waals surface area contributed by atoms with E-state index in [9.17, 15) is 4.79 Å². The number of hydrazine groups is 1. The van der Waals surface area contributed by atoms with Crippen LogP contribution in [-0.4, -0.2) is 24.6 Å². The molecule has 0 aliphatic carbocycles. The molecule has 1 rings (SSSR count). The molecule has 2 amide bonds. The molecule has 16 heavy (non-hydrogen) atoms. The zero-order valence-electron chi connectivity index (χ0n) is 9.56. The molecule has 3 N–H and O–H groups in total. The molecule has 0 saturated heterocycles. The molecule has 5 nitrogen and oxygen atoms in total. The molecule has 5 heteroatoms. The van der Waals surface area contributed by atoms with E-state index in [0.717, 1.165) is 11.3 Å². The van der Waals surface area contributed by atoms with Gasteiger partial charge >= 0.3 is 6.03 Å². The average Bonchev–Trinajstić information content (AvgIpc) is 2.31. The van der Waals surface area contributed by atoms with E-state index in [1.165, 1.54) is 4.90 Å². The molecule has 0 fully saturated rings. The van der Waals surface area contributed by atoms with Crippen molar-refractivity contribution in [2.75, 3.05) is 13.7 Å². The van der Waals surface area contributed by atoms with Gasteiger partial charge in [0.2, 0.25) is 0 Å². The Kier molecular flexibility index (Phi) is 4.60. The molecule has 0 aromatic heterocycles. The lowest BCUT2D eigenvalue weighted by molar-refractivity contribution is 0.207. The number of ether oxygens (including phenoxy) is 1. The fraction of sp³-hybridized carbons (Fsp3) is 0.364. The van der Waals surface area contributed by atoms with Gasteiger partial charge < -0.3 is 9.64 Å². The summed E-state index contributed by atoms with van der Waals surface area (Å²) >= 11 is 0. The maximum absolute atomic E-state index is 11.2. The molecule has 0 saturated carbocycles. The van der Waals surface area contributed by atoms with Crippen LogP contribution in [0, 0.1) is 0 Å². The number of carbonyl (C=O) groups is 1. The Morgan fingerprint density at radius 2 is 2.06 bits per heavy atom. The maximum atomic E-state index is 11.2. The molecule has 0 radical (unpaired) electrons. The van der Waals surface area contributed by atoms with Crippen LogP contribution >= 0.6 is 0 Å². The van der Waals surface area contributed by atoms with Gasteiger partial charge in [-0.3, -0.25) is 5.43 Å². The number of amides is 2. The Morgan fingerprint density at radius 3 is 2.56 bits per heavy atom. The van der Waals surface area contributed by atoms with Crippen LogP contribution in [0.3, 0.4) is 0 Å². The van der Waals surface area contributed by atoms with Gasteiger partial charge in [0.15, 0.2) is 0 Å². The van der Waals surface area contributed by atoms with Crippen LogP contribution in [0.15, 0.2) is 24.3 Å². The molecule has 0 heterocycles. The fourth-order valence-electron chi connectivity index (χ4n) is 1.31. The van der Waals surface area contributed by atoms with Crippen molar-refractivity contribution in [2.45, 2.75) is 13.5 Å². The summed E-state index contributed by atoms with van der Waals surface area (Å²) in [7, 11) is 1.68. The average molecular weight is 223 g/mol. The van der Waals surface area contributed by atoms with E-state index in [2.05, 4.69) is 5.43 Å². The summed E-state index contributed by atoms with van der Waals surface area (Å²) in [6, 6.07) is 7.30. The third-order valence-electron chi connectivity index (χ3n) is 2.12. The molecule has 0 aliphatic rings. The number of rotatable bonds is 4. The molecule has 0 unspecified atom stereocenters. The zero-order chi connectivity index (χ0) is 12.0. The summed E-state index contributed by atoms with van der Waals surface area (Å²) in [6.07, 6.45) is 0. The summed E-state index contributed by atoms with van der Waals surface area (Å²) in [5.74, 6) is 5.86. The van der Waals surface area contributed by atoms with Gasteiger partial charge in [-0.2, -0.15) is 0 Å². The summed E-state index contributed by atoms with van der Waals surface area (Å²) in [5.41, 5.74) is 3.10. The summed E-state index contributed by atoms with van der Waals surface area (Å²) in [5, 5.41) is 0. The van der Waals surface area contributed by atoms with Crippen molar-refractivity contribution in [3.8, 4) is 5.75 Å². The molecule has 0 aliphatic heterocycles. The van der Waals surface area contributed by atoms with Crippen molar-refractivity contribution in [3.63, 3.8) is 0 Å². The van der Waals surface area contributed by atoms with Crippen molar-refractivity contribution in [3.05, 3.63) is 29.8 Å². The highest BCUT2D eigenvalue weighted by Crippen LogP contribution is 2.13. The first kappa shape index (κ1) is 12.3. The maximum Gasteiger partial charge on any atom is 0.331 e. The Balaban J connectivity index is 2.58. The highest BCUT2D eigenvalue weighted by atomic mass is 16.5. The Bertz CT molecular complexity index is 338. The minimum Gasteiger partial charge on any atom is -0.494 e. The predicted octanol–water partition coefficient (Wildman–Crippen LogP) is 1.10. The number of nitrogens with zero attached hydrogens (tertiary/aromatic N) is 1. The van der Waals surface area contributed by atoms with Gasteiger partial charge in [-0.1, -0.05) is 12.1 Å². The first-order valence-electron chi connectivity index (χ1n) is 5.10. The van der Waals surface area contributed by atoms with E-state index in [0.29, 0.717) is 13.2 Å². The first-order valence-corrected chi connectivity index (χ1v) is 5.10. The lowest BCUT2D eigenvalue weighted by Crippen LogP contribution is -2.40. The van der Waals surface area contributed by atoms with Gasteiger partial charge in [0.1, 0.15) is 5.75 Å². The van der Waals surface area contributed by atoms with Crippen molar-refractivity contribution < 1.29 is 9.53 Å². The smallest absolute Gasteiger partial charge is 0.331 e. The van der Waals surface area contributed by atoms with Crippen LogP contribution in [0.5, 0.6) is 5.75 Å². The largest absolute Gasteiger partial charge is 0.494 e. The van der Waals surface area contributed by atoms with Crippen molar-refractivity contribution in [1.29, 1.82) is 0 Å². The third kappa shape index (κ3) is 3.43. The van der Waals surface area contributed by atoms with Crippen LogP contribution in [0.1, 0.15) is 12.5 Å². The number of nitrogens with one attached hydrogen (secondary N) is 1. The van der Waals surface area contributed by atoms with E-state index in [-0.39, 0.29) is 6.03 Å². The molecule has 88 valence electrons. The molecular formula is C11H17N3O2. The summed E-state index contributed by atoms with van der Waals surface area (Å²) in [4.78, 5) is 12.6. The topological polar surface area (TPSA) is 67.6 Å². The van der Waals surface area contributed by atoms with Gasteiger partial charge in [-0.15, -0.1) is 0 Å². The number of urea groups is 1. The van der Waals surface area contributed by atoms with Crippen molar-refractivity contribution >= 4 is 6.03 Å². The Hall–Kier alpha value is -1.75. The molecule has 1 aromatic rings. The minimum absolute atomic E-state index is 0.311. The number of nitrogens with two attached hydrogens (primary N) is 1. The standard InChI is InChI=1S/C11H17N3O2/c1-3-16-10-6-4-9(5-7-10)8-14(2)11(15)13-12/h4-7H,3,8,12H2,1-2H3,(H,13,15). The second-order valence-corrected chi connectivity index (χ2v) is 3.38. The van der Waals surface area contributed by atoms with E-state index < -0.39 is 0 Å². The Morgan fingerprint density at radius 1 is 1.44 bits per heavy atom. The summed E-state index contributed by atoms with van der Waals surface area (Å²) in [6.45, 7) is 3.09. The number of benzene rings is 1. The van der Waals surface area contributed by atoms with Gasteiger partial charge in [0.05, 0.1) is 6.61 Å². The van der Waals surface area contributed by atoms with E-state index >= 15 is 0 Å². The van der Waals surface area contributed by atoms with Crippen molar-refractivity contribution in [1.82, 2.24) is 10.3 Å². The van der Waals surface area contributed by atoms with Gasteiger partial charge in [-0.25, -0.2) is 10.6 Å². The first-order chi connectivity index (χ1) is 7.67. The van der Waals surface area contributed by atoms with E-state index in [4.69, 9.17) is 10.6 Å². The van der Waals surface area contributed by atoms with Crippen molar-refractivity contribution in [2.24, 2.45) is 5.84 Å². The highest BCUT2D eigenvalue weighted by molar-refractivity contribution is 5.73. The Labute approximate surface area is 95.2 Å². The minimum atomic E-state index is -0.311. The fourth-order valence-corrected chi connectivity index (χ4v) is 1.31. The van der Waals surface area contributed by atoms with Gasteiger partial charge in [0, 0.05) is 13.6 Å². The lowest BCUT2D eigenvalue weighted by Gasteiger charge is -2.16. The van der Waals surface area contributed by atoms with Crippen LogP contribution in [0.4, 0.5) is 4.79 Å². The van der Waals surface area contributed by atoms with Crippen LogP contribution in [0.25, 0.3) is 0 Å². The second-order valence-electron chi connectivity index (χ2n) is 3.38. The summed E-state index contributed by atoms with van der Waals surface area (Å²) < 4.78 is 5.32. The zero-order valence-corrected chi connectivity index (χ0v) is 9.56. The quantitative estimate of drug-likeness (QED) is 0.456.